The topological polar surface area (TPSA) is 41.6 Å². The second-order valence-corrected chi connectivity index (χ2v) is 4.04. The van der Waals surface area contributed by atoms with Crippen LogP contribution in [0.5, 0.6) is 0 Å². The molecule has 0 radical (unpaired) electrons. The van der Waals surface area contributed by atoms with Gasteiger partial charge in [-0.2, -0.15) is 5.10 Å². The second-order valence-electron chi connectivity index (χ2n) is 4.04. The van der Waals surface area contributed by atoms with Crippen LogP contribution in [0.2, 0.25) is 0 Å². The van der Waals surface area contributed by atoms with Gasteiger partial charge in [-0.05, 0) is 18.9 Å². The van der Waals surface area contributed by atoms with E-state index < -0.39 is 0 Å². The van der Waals surface area contributed by atoms with Crippen LogP contribution in [-0.4, -0.2) is 15.2 Å². The van der Waals surface area contributed by atoms with E-state index in [4.69, 9.17) is 0 Å². The van der Waals surface area contributed by atoms with Crippen molar-refractivity contribution in [1.82, 2.24) is 15.2 Å². The largest absolute Gasteiger partial charge is 0.263 e. The number of aromatic amines is 1. The molecule has 0 atom stereocenters. The van der Waals surface area contributed by atoms with Gasteiger partial charge in [0.25, 0.3) is 0 Å². The molecule has 2 rings (SSSR count). The summed E-state index contributed by atoms with van der Waals surface area (Å²) in [7, 11) is 0. The van der Waals surface area contributed by atoms with Crippen molar-refractivity contribution in [3.05, 3.63) is 47.0 Å². The van der Waals surface area contributed by atoms with E-state index in [9.17, 15) is 0 Å². The highest BCUT2D eigenvalue weighted by Crippen LogP contribution is 2.06. The van der Waals surface area contributed by atoms with E-state index in [1.807, 2.05) is 0 Å². The highest BCUT2D eigenvalue weighted by atomic mass is 15.2. The first-order chi connectivity index (χ1) is 7.78. The number of nitrogens with one attached hydrogen (secondary N) is 1. The van der Waals surface area contributed by atoms with Crippen LogP contribution < -0.4 is 0 Å². The zero-order chi connectivity index (χ0) is 11.4. The zero-order valence-corrected chi connectivity index (χ0v) is 9.83. The molecule has 0 bridgehead atoms. The van der Waals surface area contributed by atoms with E-state index >= 15 is 0 Å². The molecule has 3 heteroatoms. The van der Waals surface area contributed by atoms with Crippen molar-refractivity contribution in [2.24, 2.45) is 0 Å². The summed E-state index contributed by atoms with van der Waals surface area (Å²) in [5, 5.41) is 7.10. The minimum Gasteiger partial charge on any atom is -0.263 e. The van der Waals surface area contributed by atoms with Gasteiger partial charge in [-0.25, -0.2) is 4.98 Å². The monoisotopic (exact) mass is 215 g/mol. The van der Waals surface area contributed by atoms with Gasteiger partial charge in [0.2, 0.25) is 0 Å². The molecule has 0 saturated carbocycles. The fourth-order valence-electron chi connectivity index (χ4n) is 1.62. The third-order valence-electron chi connectivity index (χ3n) is 2.67. The lowest BCUT2D eigenvalue weighted by atomic mass is 10.1. The number of aromatic nitrogens is 3. The lowest BCUT2D eigenvalue weighted by Crippen LogP contribution is -1.94. The average molecular weight is 215 g/mol. The maximum absolute atomic E-state index is 4.39. The maximum Gasteiger partial charge on any atom is 0.150 e. The predicted octanol–water partition coefficient (Wildman–Crippen LogP) is 2.46. The standard InChI is InChI=1S/C13H17N3/c1-3-12-14-13(16-15-12)9-8-11-6-4-10(2)5-7-11/h4-7H,3,8-9H2,1-2H3,(H,14,15,16). The number of H-pyrrole nitrogens is 1. The van der Waals surface area contributed by atoms with Gasteiger partial charge in [0.1, 0.15) is 11.6 Å². The van der Waals surface area contributed by atoms with E-state index in [0.29, 0.717) is 0 Å². The molecule has 16 heavy (non-hydrogen) atoms. The van der Waals surface area contributed by atoms with E-state index in [-0.39, 0.29) is 0 Å². The summed E-state index contributed by atoms with van der Waals surface area (Å²) >= 11 is 0. The molecule has 84 valence electrons. The fraction of sp³-hybridized carbons (Fsp3) is 0.385. The molecule has 3 nitrogen and oxygen atoms in total. The minimum atomic E-state index is 0.890. The van der Waals surface area contributed by atoms with Crippen LogP contribution in [-0.2, 0) is 19.3 Å². The van der Waals surface area contributed by atoms with Crippen molar-refractivity contribution in [3.8, 4) is 0 Å². The lowest BCUT2D eigenvalue weighted by molar-refractivity contribution is 0.864. The molecule has 0 amide bonds. The van der Waals surface area contributed by atoms with Gasteiger partial charge < -0.3 is 0 Å². The van der Waals surface area contributed by atoms with Crippen molar-refractivity contribution in [3.63, 3.8) is 0 Å². The van der Waals surface area contributed by atoms with E-state index in [1.165, 1.54) is 11.1 Å². The molecule has 1 aromatic carbocycles. The molecule has 0 aliphatic rings. The highest BCUT2D eigenvalue weighted by Gasteiger charge is 2.01. The summed E-state index contributed by atoms with van der Waals surface area (Å²) in [6.45, 7) is 4.17. The van der Waals surface area contributed by atoms with Crippen LogP contribution in [0.15, 0.2) is 24.3 Å². The van der Waals surface area contributed by atoms with E-state index in [1.54, 1.807) is 0 Å². The number of benzene rings is 1. The SMILES string of the molecule is CCc1n[nH]c(CCc2ccc(C)cc2)n1. The molecule has 2 aromatic rings. The normalized spacial score (nSPS) is 10.6. The fourth-order valence-corrected chi connectivity index (χ4v) is 1.62. The highest BCUT2D eigenvalue weighted by molar-refractivity contribution is 5.21. The molecule has 1 heterocycles. The Morgan fingerprint density at radius 2 is 1.88 bits per heavy atom. The number of rotatable bonds is 4. The third-order valence-corrected chi connectivity index (χ3v) is 2.67. The molecule has 0 unspecified atom stereocenters. The summed E-state index contributed by atoms with van der Waals surface area (Å²) < 4.78 is 0. The molecule has 1 aromatic heterocycles. The molecule has 0 spiro atoms. The van der Waals surface area contributed by atoms with Crippen LogP contribution in [0, 0.1) is 6.92 Å². The van der Waals surface area contributed by atoms with E-state index in [2.05, 4.69) is 53.3 Å². The van der Waals surface area contributed by atoms with Gasteiger partial charge in [0.15, 0.2) is 0 Å². The summed E-state index contributed by atoms with van der Waals surface area (Å²) in [6.07, 6.45) is 2.83. The zero-order valence-electron chi connectivity index (χ0n) is 9.83. The number of aryl methyl sites for hydroxylation is 4. The Labute approximate surface area is 95.9 Å². The quantitative estimate of drug-likeness (QED) is 0.851. The summed E-state index contributed by atoms with van der Waals surface area (Å²) in [5.41, 5.74) is 2.65. The Morgan fingerprint density at radius 3 is 2.50 bits per heavy atom. The number of nitrogens with zero attached hydrogens (tertiary/aromatic N) is 2. The van der Waals surface area contributed by atoms with Gasteiger partial charge in [0.05, 0.1) is 0 Å². The number of hydrogen-bond acceptors (Lipinski definition) is 2. The molecule has 0 fully saturated rings. The van der Waals surface area contributed by atoms with Gasteiger partial charge in [-0.1, -0.05) is 36.8 Å². The van der Waals surface area contributed by atoms with Crippen molar-refractivity contribution >= 4 is 0 Å². The van der Waals surface area contributed by atoms with Gasteiger partial charge >= 0.3 is 0 Å². The van der Waals surface area contributed by atoms with Crippen LogP contribution in [0.3, 0.4) is 0 Å². The Kier molecular flexibility index (Phi) is 3.34. The Morgan fingerprint density at radius 1 is 1.12 bits per heavy atom. The van der Waals surface area contributed by atoms with Gasteiger partial charge in [-0.15, -0.1) is 0 Å². The summed E-state index contributed by atoms with van der Waals surface area (Å²) in [5.74, 6) is 1.89. The smallest absolute Gasteiger partial charge is 0.150 e. The van der Waals surface area contributed by atoms with Crippen molar-refractivity contribution in [2.45, 2.75) is 33.1 Å². The molecule has 0 aliphatic carbocycles. The van der Waals surface area contributed by atoms with Gasteiger partial charge in [0, 0.05) is 12.8 Å². The van der Waals surface area contributed by atoms with Crippen LogP contribution in [0.25, 0.3) is 0 Å². The lowest BCUT2D eigenvalue weighted by Gasteiger charge is -1.99. The first-order valence-electron chi connectivity index (χ1n) is 5.73. The summed E-state index contributed by atoms with van der Waals surface area (Å²) in [4.78, 5) is 4.39. The predicted molar refractivity (Wildman–Crippen MR) is 64.3 cm³/mol. The average Bonchev–Trinajstić information content (AvgIpc) is 2.76. The summed E-state index contributed by atoms with van der Waals surface area (Å²) in [6, 6.07) is 8.64. The van der Waals surface area contributed by atoms with Crippen LogP contribution in [0.1, 0.15) is 29.7 Å². The van der Waals surface area contributed by atoms with E-state index in [0.717, 1.165) is 30.9 Å². The van der Waals surface area contributed by atoms with Crippen molar-refractivity contribution in [1.29, 1.82) is 0 Å². The molecule has 0 saturated heterocycles. The maximum atomic E-state index is 4.39. The second kappa shape index (κ2) is 4.92. The Bertz CT molecular complexity index is 442. The molecular weight excluding hydrogens is 198 g/mol. The minimum absolute atomic E-state index is 0.890. The Balaban J connectivity index is 1.94. The Hall–Kier alpha value is -1.64. The third kappa shape index (κ3) is 2.69. The first kappa shape index (κ1) is 10.9. The van der Waals surface area contributed by atoms with Crippen molar-refractivity contribution in [2.75, 3.05) is 0 Å². The molecule has 1 N–H and O–H groups in total. The molecule has 0 aliphatic heterocycles. The van der Waals surface area contributed by atoms with Gasteiger partial charge in [-0.3, -0.25) is 5.10 Å². The van der Waals surface area contributed by atoms with Crippen LogP contribution >= 0.6 is 0 Å². The van der Waals surface area contributed by atoms with Crippen molar-refractivity contribution < 1.29 is 0 Å². The first-order valence-corrected chi connectivity index (χ1v) is 5.73. The number of hydrogen-bond donors (Lipinski definition) is 1. The molecular formula is C13H17N3. The van der Waals surface area contributed by atoms with Crippen LogP contribution in [0.4, 0.5) is 0 Å².